The van der Waals surface area contributed by atoms with Gasteiger partial charge in [-0.1, -0.05) is 12.1 Å². The molecule has 1 amide bonds. The molecule has 1 unspecified atom stereocenters. The second kappa shape index (κ2) is 11.2. The number of nitrogens with zero attached hydrogens (tertiary/aromatic N) is 6. The number of halogens is 1. The number of carbonyl (C=O) groups excluding carboxylic acids is 1. The summed E-state index contributed by atoms with van der Waals surface area (Å²) >= 11 is 6.81. The molecule has 206 valence electrons. The largest absolute Gasteiger partial charge is 0.492 e. The summed E-state index contributed by atoms with van der Waals surface area (Å²) in [6.45, 7) is 7.70. The number of aromatic nitrogens is 5. The van der Waals surface area contributed by atoms with Crippen LogP contribution in [0, 0.1) is 6.92 Å². The first-order valence-electron chi connectivity index (χ1n) is 13.3. The van der Waals surface area contributed by atoms with Crippen molar-refractivity contribution >= 4 is 39.7 Å². The summed E-state index contributed by atoms with van der Waals surface area (Å²) in [4.78, 5) is 27.1. The van der Waals surface area contributed by atoms with Gasteiger partial charge in [0.25, 0.3) is 5.91 Å². The molecule has 2 N–H and O–H groups in total. The van der Waals surface area contributed by atoms with Crippen LogP contribution >= 0.6 is 11.6 Å². The Morgan fingerprint density at radius 1 is 1.15 bits per heavy atom. The number of alkyl halides is 1. The Labute approximate surface area is 236 Å². The predicted molar refractivity (Wildman–Crippen MR) is 155 cm³/mol. The molecule has 40 heavy (non-hydrogen) atoms. The number of nitrogens with one attached hydrogen (secondary N) is 2. The van der Waals surface area contributed by atoms with Gasteiger partial charge in [0.2, 0.25) is 0 Å². The van der Waals surface area contributed by atoms with E-state index in [0.29, 0.717) is 23.6 Å². The summed E-state index contributed by atoms with van der Waals surface area (Å²) in [5.74, 6) is 0.447. The molecule has 1 fully saturated rings. The third-order valence-electron chi connectivity index (χ3n) is 7.33. The number of fused-ring (bicyclic) bond motifs is 2. The number of imidazole rings is 1. The first kappa shape index (κ1) is 26.2. The zero-order valence-corrected chi connectivity index (χ0v) is 23.2. The first-order chi connectivity index (χ1) is 19.5. The fourth-order valence-corrected chi connectivity index (χ4v) is 5.31. The second-order valence-corrected chi connectivity index (χ2v) is 10.5. The maximum Gasteiger partial charge on any atom is 0.274 e. The summed E-state index contributed by atoms with van der Waals surface area (Å²) in [5.41, 5.74) is 4.91. The van der Waals surface area contributed by atoms with Gasteiger partial charge in [-0.25, -0.2) is 4.98 Å². The van der Waals surface area contributed by atoms with Crippen molar-refractivity contribution in [2.24, 2.45) is 0 Å². The number of amides is 1. The fourth-order valence-electron chi connectivity index (χ4n) is 5.01. The Morgan fingerprint density at radius 2 is 2.00 bits per heavy atom. The number of aromatic amines is 1. The van der Waals surface area contributed by atoms with Gasteiger partial charge >= 0.3 is 0 Å². The van der Waals surface area contributed by atoms with Crippen LogP contribution in [0.1, 0.15) is 32.8 Å². The van der Waals surface area contributed by atoms with Crippen molar-refractivity contribution in [1.82, 2.24) is 34.4 Å². The molecule has 1 atom stereocenters. The maximum absolute atomic E-state index is 13.3. The van der Waals surface area contributed by atoms with Gasteiger partial charge in [0.1, 0.15) is 29.1 Å². The number of likely N-dealkylation sites (N-methyl/N-ethyl adjacent to an activating group) is 1. The molecule has 11 heteroatoms. The van der Waals surface area contributed by atoms with Crippen LogP contribution in [-0.4, -0.2) is 86.7 Å². The quantitative estimate of drug-likeness (QED) is 0.276. The molecule has 5 heterocycles. The van der Waals surface area contributed by atoms with Gasteiger partial charge in [0.05, 0.1) is 29.3 Å². The molecular weight excluding hydrogens is 528 g/mol. The predicted octanol–water partition coefficient (Wildman–Crippen LogP) is 4.12. The summed E-state index contributed by atoms with van der Waals surface area (Å²) in [5, 5.41) is 10.5. The molecule has 0 saturated carbocycles. The molecule has 0 bridgehead atoms. The Morgan fingerprint density at radius 3 is 2.83 bits per heavy atom. The molecule has 1 aromatic carbocycles. The monoisotopic (exact) mass is 558 g/mol. The SMILES string of the molecule is Cc1cccc(C(Cl)c2ccc(NC(=O)c3cnc4cc(OCCN5CCN(C)CC5)ccn34)c3cn[nH]c23)n1. The lowest BCUT2D eigenvalue weighted by Gasteiger charge is -2.32. The van der Waals surface area contributed by atoms with Crippen LogP contribution in [-0.2, 0) is 0 Å². The summed E-state index contributed by atoms with van der Waals surface area (Å²) in [7, 11) is 2.15. The maximum atomic E-state index is 13.3. The Balaban J connectivity index is 1.15. The minimum Gasteiger partial charge on any atom is -0.492 e. The highest BCUT2D eigenvalue weighted by Crippen LogP contribution is 2.35. The lowest BCUT2D eigenvalue weighted by Crippen LogP contribution is -2.45. The van der Waals surface area contributed by atoms with Crippen molar-refractivity contribution in [2.75, 3.05) is 51.7 Å². The highest BCUT2D eigenvalue weighted by Gasteiger charge is 2.20. The van der Waals surface area contributed by atoms with Crippen LogP contribution in [0.2, 0.25) is 0 Å². The van der Waals surface area contributed by atoms with Crippen LogP contribution in [0.25, 0.3) is 16.6 Å². The molecule has 1 aliphatic heterocycles. The van der Waals surface area contributed by atoms with Gasteiger partial charge in [-0.15, -0.1) is 11.6 Å². The minimum absolute atomic E-state index is 0.283. The average molecular weight is 559 g/mol. The van der Waals surface area contributed by atoms with E-state index in [1.54, 1.807) is 16.8 Å². The minimum atomic E-state index is -0.468. The van der Waals surface area contributed by atoms with Crippen LogP contribution in [0.15, 0.2) is 61.1 Å². The third kappa shape index (κ3) is 5.38. The van der Waals surface area contributed by atoms with Gasteiger partial charge in [-0.3, -0.25) is 24.2 Å². The van der Waals surface area contributed by atoms with Crippen LogP contribution in [0.5, 0.6) is 5.75 Å². The van der Waals surface area contributed by atoms with Gasteiger partial charge in [0, 0.05) is 61.6 Å². The van der Waals surface area contributed by atoms with E-state index in [9.17, 15) is 4.79 Å². The van der Waals surface area contributed by atoms with Crippen molar-refractivity contribution in [1.29, 1.82) is 0 Å². The van der Waals surface area contributed by atoms with Gasteiger partial charge in [-0.2, -0.15) is 5.10 Å². The smallest absolute Gasteiger partial charge is 0.274 e. The zero-order chi connectivity index (χ0) is 27.6. The highest BCUT2D eigenvalue weighted by molar-refractivity contribution is 6.23. The molecule has 4 aromatic heterocycles. The lowest BCUT2D eigenvalue weighted by molar-refractivity contribution is 0.102. The number of H-pyrrole nitrogens is 1. The van der Waals surface area contributed by atoms with Crippen molar-refractivity contribution in [2.45, 2.75) is 12.3 Å². The number of aryl methyl sites for hydroxylation is 1. The van der Waals surface area contributed by atoms with E-state index >= 15 is 0 Å². The number of hydrogen-bond donors (Lipinski definition) is 2. The molecule has 6 rings (SSSR count). The Bertz CT molecular complexity index is 1660. The molecule has 5 aromatic rings. The summed E-state index contributed by atoms with van der Waals surface area (Å²) in [6, 6.07) is 13.2. The Kier molecular flexibility index (Phi) is 7.38. The number of ether oxygens (including phenoxy) is 1. The number of piperazine rings is 1. The lowest BCUT2D eigenvalue weighted by atomic mass is 10.0. The normalized spacial score (nSPS) is 15.5. The van der Waals surface area contributed by atoms with Crippen LogP contribution in [0.4, 0.5) is 5.69 Å². The topological polar surface area (TPSA) is 104 Å². The van der Waals surface area contributed by atoms with Gasteiger partial charge in [-0.05, 0) is 38.2 Å². The van der Waals surface area contributed by atoms with E-state index in [-0.39, 0.29) is 5.91 Å². The summed E-state index contributed by atoms with van der Waals surface area (Å²) in [6.07, 6.45) is 5.06. The van der Waals surface area contributed by atoms with Gasteiger partial charge in [0.15, 0.2) is 0 Å². The third-order valence-corrected chi connectivity index (χ3v) is 7.79. The highest BCUT2D eigenvalue weighted by atomic mass is 35.5. The van der Waals surface area contributed by atoms with E-state index < -0.39 is 5.38 Å². The second-order valence-electron chi connectivity index (χ2n) is 10.1. The van der Waals surface area contributed by atoms with Crippen molar-refractivity contribution < 1.29 is 9.53 Å². The number of anilines is 1. The molecule has 1 saturated heterocycles. The number of benzene rings is 1. The molecule has 1 aliphatic rings. The number of hydrogen-bond acceptors (Lipinski definition) is 7. The van der Waals surface area contributed by atoms with Crippen molar-refractivity contribution in [3.05, 3.63) is 83.7 Å². The standard InChI is InChI=1S/C29H31ClN8O2/c1-19-4-3-5-24(33-19)27(30)21-6-7-23(22-17-32-35-28(21)22)34-29(39)25-18-31-26-16-20(8-9-38(25)26)40-15-14-37-12-10-36(2)11-13-37/h3-9,16-18,27H,10-15H2,1-2H3,(H,32,35)(H,34,39). The van der Waals surface area contributed by atoms with Crippen molar-refractivity contribution in [3.63, 3.8) is 0 Å². The van der Waals surface area contributed by atoms with E-state index in [1.165, 1.54) is 0 Å². The van der Waals surface area contributed by atoms with E-state index in [2.05, 4.69) is 42.3 Å². The van der Waals surface area contributed by atoms with E-state index in [1.807, 2.05) is 55.6 Å². The van der Waals surface area contributed by atoms with Crippen molar-refractivity contribution in [3.8, 4) is 5.75 Å². The number of pyridine rings is 2. The molecule has 0 aliphatic carbocycles. The number of carbonyl (C=O) groups is 1. The van der Waals surface area contributed by atoms with Gasteiger partial charge < -0.3 is 15.0 Å². The molecule has 0 radical (unpaired) electrons. The summed E-state index contributed by atoms with van der Waals surface area (Å²) < 4.78 is 7.73. The fraction of sp³-hybridized carbons (Fsp3) is 0.310. The molecule has 0 spiro atoms. The average Bonchev–Trinajstić information content (AvgIpc) is 3.62. The number of rotatable bonds is 8. The Hall–Kier alpha value is -3.99. The molecular formula is C29H31ClN8O2. The van der Waals surface area contributed by atoms with Crippen LogP contribution in [0.3, 0.4) is 0 Å². The molecule has 10 nitrogen and oxygen atoms in total. The van der Waals surface area contributed by atoms with Crippen LogP contribution < -0.4 is 10.1 Å². The zero-order valence-electron chi connectivity index (χ0n) is 22.5. The van der Waals surface area contributed by atoms with E-state index in [0.717, 1.165) is 66.3 Å². The first-order valence-corrected chi connectivity index (χ1v) is 13.8. The van der Waals surface area contributed by atoms with E-state index in [4.69, 9.17) is 16.3 Å².